The molecule has 5 heteroatoms. The lowest BCUT2D eigenvalue weighted by molar-refractivity contribution is 0.0569. The molecule has 4 nitrogen and oxygen atoms in total. The van der Waals surface area contributed by atoms with Crippen LogP contribution < -0.4 is 4.74 Å². The Hall–Kier alpha value is -1.07. The highest BCUT2D eigenvalue weighted by Crippen LogP contribution is 2.25. The molecule has 1 saturated heterocycles. The molecule has 19 heavy (non-hydrogen) atoms. The third kappa shape index (κ3) is 3.09. The summed E-state index contributed by atoms with van der Waals surface area (Å²) in [5.41, 5.74) is 0.627. The first-order valence-corrected chi connectivity index (χ1v) is 7.15. The number of likely N-dealkylation sites (N-methyl/N-ethyl adjacent to an activating group) is 1. The van der Waals surface area contributed by atoms with Crippen LogP contribution in [0.2, 0.25) is 0 Å². The lowest BCUT2D eigenvalue weighted by Gasteiger charge is -2.37. The van der Waals surface area contributed by atoms with Gasteiger partial charge in [-0.15, -0.1) is 0 Å². The summed E-state index contributed by atoms with van der Waals surface area (Å²) >= 11 is 3.39. The molecule has 0 N–H and O–H groups in total. The van der Waals surface area contributed by atoms with Crippen molar-refractivity contribution >= 4 is 21.8 Å². The van der Waals surface area contributed by atoms with Crippen molar-refractivity contribution < 1.29 is 9.53 Å². The maximum atomic E-state index is 12.6. The Morgan fingerprint density at radius 3 is 2.79 bits per heavy atom. The molecule has 1 heterocycles. The molecular formula is C14H19BrN2O2. The van der Waals surface area contributed by atoms with Gasteiger partial charge in [0, 0.05) is 30.1 Å². The van der Waals surface area contributed by atoms with E-state index in [0.29, 0.717) is 17.4 Å². The standard InChI is InChI=1S/C14H19BrN2O2/c1-10-9-17(7-6-16(10)2)14(18)12-5-4-11(15)8-13(12)19-3/h4-5,8,10H,6-7,9H2,1-3H3. The van der Waals surface area contributed by atoms with Gasteiger partial charge in [-0.2, -0.15) is 0 Å². The van der Waals surface area contributed by atoms with Crippen LogP contribution in [0, 0.1) is 0 Å². The van der Waals surface area contributed by atoms with Crippen LogP contribution in [0.3, 0.4) is 0 Å². The fourth-order valence-electron chi connectivity index (χ4n) is 2.24. The second kappa shape index (κ2) is 5.92. The number of hydrogen-bond acceptors (Lipinski definition) is 3. The lowest BCUT2D eigenvalue weighted by atomic mass is 10.1. The molecule has 1 amide bonds. The Balaban J connectivity index is 2.20. The summed E-state index contributed by atoms with van der Waals surface area (Å²) in [5.74, 6) is 0.662. The number of rotatable bonds is 2. The van der Waals surface area contributed by atoms with Crippen LogP contribution in [0.5, 0.6) is 5.75 Å². The highest BCUT2D eigenvalue weighted by molar-refractivity contribution is 9.10. The van der Waals surface area contributed by atoms with Crippen LogP contribution in [-0.4, -0.2) is 55.5 Å². The Bertz CT molecular complexity index is 479. The quantitative estimate of drug-likeness (QED) is 0.835. The second-order valence-corrected chi connectivity index (χ2v) is 5.84. The van der Waals surface area contributed by atoms with Crippen molar-refractivity contribution in [3.05, 3.63) is 28.2 Å². The topological polar surface area (TPSA) is 32.8 Å². The lowest BCUT2D eigenvalue weighted by Crippen LogP contribution is -2.52. The van der Waals surface area contributed by atoms with Crippen molar-refractivity contribution in [2.45, 2.75) is 13.0 Å². The zero-order chi connectivity index (χ0) is 14.0. The maximum absolute atomic E-state index is 12.6. The molecule has 1 unspecified atom stereocenters. The summed E-state index contributed by atoms with van der Waals surface area (Å²) in [5, 5.41) is 0. The van der Waals surface area contributed by atoms with Gasteiger partial charge in [0.05, 0.1) is 12.7 Å². The fraction of sp³-hybridized carbons (Fsp3) is 0.500. The number of amides is 1. The van der Waals surface area contributed by atoms with E-state index in [1.807, 2.05) is 23.1 Å². The summed E-state index contributed by atoms with van der Waals surface area (Å²) < 4.78 is 6.21. The Morgan fingerprint density at radius 2 is 2.16 bits per heavy atom. The Kier molecular flexibility index (Phi) is 4.47. The SMILES string of the molecule is COc1cc(Br)ccc1C(=O)N1CCN(C)C(C)C1. The average Bonchev–Trinajstić information content (AvgIpc) is 2.41. The van der Waals surface area contributed by atoms with E-state index in [9.17, 15) is 4.79 Å². The van der Waals surface area contributed by atoms with Crippen molar-refractivity contribution in [2.24, 2.45) is 0 Å². The van der Waals surface area contributed by atoms with Gasteiger partial charge in [0.2, 0.25) is 0 Å². The first-order chi connectivity index (χ1) is 9.02. The van der Waals surface area contributed by atoms with Crippen molar-refractivity contribution in [3.63, 3.8) is 0 Å². The molecule has 0 spiro atoms. The van der Waals surface area contributed by atoms with E-state index in [1.165, 1.54) is 0 Å². The number of piperazine rings is 1. The minimum absolute atomic E-state index is 0.0456. The van der Waals surface area contributed by atoms with Gasteiger partial charge in [-0.1, -0.05) is 15.9 Å². The predicted molar refractivity (Wildman–Crippen MR) is 78.7 cm³/mol. The summed E-state index contributed by atoms with van der Waals surface area (Å²) in [6.07, 6.45) is 0. The summed E-state index contributed by atoms with van der Waals surface area (Å²) in [4.78, 5) is 16.7. The zero-order valence-electron chi connectivity index (χ0n) is 11.5. The molecular weight excluding hydrogens is 308 g/mol. The highest BCUT2D eigenvalue weighted by Gasteiger charge is 2.26. The highest BCUT2D eigenvalue weighted by atomic mass is 79.9. The number of nitrogens with zero attached hydrogens (tertiary/aromatic N) is 2. The second-order valence-electron chi connectivity index (χ2n) is 4.93. The van der Waals surface area contributed by atoms with Crippen LogP contribution in [0.1, 0.15) is 17.3 Å². The molecule has 1 aliphatic rings. The third-order valence-corrected chi connectivity index (χ3v) is 4.13. The molecule has 1 fully saturated rings. The predicted octanol–water partition coefficient (Wildman–Crippen LogP) is 2.23. The number of carbonyl (C=O) groups excluding carboxylic acids is 1. The van der Waals surface area contributed by atoms with Crippen LogP contribution in [-0.2, 0) is 0 Å². The Labute approximate surface area is 122 Å². The summed E-state index contributed by atoms with van der Waals surface area (Å²) in [7, 11) is 3.68. The molecule has 0 aromatic heterocycles. The van der Waals surface area contributed by atoms with Gasteiger partial charge in [-0.25, -0.2) is 0 Å². The molecule has 1 aliphatic heterocycles. The van der Waals surface area contributed by atoms with E-state index in [4.69, 9.17) is 4.74 Å². The first-order valence-electron chi connectivity index (χ1n) is 6.36. The van der Waals surface area contributed by atoms with E-state index in [1.54, 1.807) is 7.11 Å². The average molecular weight is 327 g/mol. The number of carbonyl (C=O) groups is 1. The minimum atomic E-state index is 0.0456. The van der Waals surface area contributed by atoms with E-state index >= 15 is 0 Å². The zero-order valence-corrected chi connectivity index (χ0v) is 13.1. The maximum Gasteiger partial charge on any atom is 0.257 e. The summed E-state index contributed by atoms with van der Waals surface area (Å²) in [6.45, 7) is 4.57. The van der Waals surface area contributed by atoms with Crippen LogP contribution >= 0.6 is 15.9 Å². The molecule has 1 atom stereocenters. The van der Waals surface area contributed by atoms with E-state index in [-0.39, 0.29) is 5.91 Å². The molecule has 0 radical (unpaired) electrons. The van der Waals surface area contributed by atoms with Gasteiger partial charge in [-0.05, 0) is 32.2 Å². The van der Waals surface area contributed by atoms with E-state index < -0.39 is 0 Å². The van der Waals surface area contributed by atoms with E-state index in [0.717, 1.165) is 24.1 Å². The molecule has 0 bridgehead atoms. The van der Waals surface area contributed by atoms with Gasteiger partial charge in [0.15, 0.2) is 0 Å². The van der Waals surface area contributed by atoms with Gasteiger partial charge in [0.25, 0.3) is 5.91 Å². The Morgan fingerprint density at radius 1 is 1.42 bits per heavy atom. The van der Waals surface area contributed by atoms with Gasteiger partial charge < -0.3 is 14.5 Å². The molecule has 0 aliphatic carbocycles. The number of methoxy groups -OCH3 is 1. The number of hydrogen-bond donors (Lipinski definition) is 0. The fourth-order valence-corrected chi connectivity index (χ4v) is 2.59. The smallest absolute Gasteiger partial charge is 0.257 e. The molecule has 104 valence electrons. The third-order valence-electron chi connectivity index (χ3n) is 3.64. The van der Waals surface area contributed by atoms with Crippen LogP contribution in [0.4, 0.5) is 0 Å². The molecule has 2 rings (SSSR count). The van der Waals surface area contributed by atoms with E-state index in [2.05, 4.69) is 34.8 Å². The van der Waals surface area contributed by atoms with Crippen LogP contribution in [0.15, 0.2) is 22.7 Å². The first kappa shape index (κ1) is 14.3. The normalized spacial score (nSPS) is 20.4. The van der Waals surface area contributed by atoms with Crippen LogP contribution in [0.25, 0.3) is 0 Å². The monoisotopic (exact) mass is 326 g/mol. The van der Waals surface area contributed by atoms with Gasteiger partial charge >= 0.3 is 0 Å². The van der Waals surface area contributed by atoms with Gasteiger partial charge in [-0.3, -0.25) is 4.79 Å². The molecule has 1 aromatic carbocycles. The van der Waals surface area contributed by atoms with Crippen molar-refractivity contribution in [1.82, 2.24) is 9.80 Å². The number of halogens is 1. The van der Waals surface area contributed by atoms with Gasteiger partial charge in [0.1, 0.15) is 5.75 Å². The number of benzene rings is 1. The number of ether oxygens (including phenoxy) is 1. The van der Waals surface area contributed by atoms with Crippen molar-refractivity contribution in [2.75, 3.05) is 33.8 Å². The largest absolute Gasteiger partial charge is 0.496 e. The molecule has 1 aromatic rings. The van der Waals surface area contributed by atoms with Crippen molar-refractivity contribution in [3.8, 4) is 5.75 Å². The molecule has 0 saturated carbocycles. The van der Waals surface area contributed by atoms with Crippen molar-refractivity contribution in [1.29, 1.82) is 0 Å². The summed E-state index contributed by atoms with van der Waals surface area (Å²) in [6, 6.07) is 5.90. The minimum Gasteiger partial charge on any atom is -0.496 e.